The van der Waals surface area contributed by atoms with Crippen molar-refractivity contribution in [3.05, 3.63) is 34.9 Å². The molecule has 1 amide bonds. The summed E-state index contributed by atoms with van der Waals surface area (Å²) in [5, 5.41) is 4.37. The van der Waals surface area contributed by atoms with Gasteiger partial charge in [-0.1, -0.05) is 23.7 Å². The van der Waals surface area contributed by atoms with Crippen LogP contribution in [-0.2, 0) is 4.79 Å². The summed E-state index contributed by atoms with van der Waals surface area (Å²) in [5.74, 6) is 0.749. The highest BCUT2D eigenvalue weighted by atomic mass is 35.5. The summed E-state index contributed by atoms with van der Waals surface area (Å²) < 4.78 is 0. The fourth-order valence-electron chi connectivity index (χ4n) is 2.58. The molecule has 6 heteroatoms. The number of hydrogen-bond donors (Lipinski definition) is 2. The van der Waals surface area contributed by atoms with Crippen molar-refractivity contribution < 1.29 is 4.79 Å². The fraction of sp³-hybridized carbons (Fsp3) is 0.333. The van der Waals surface area contributed by atoms with Crippen molar-refractivity contribution >= 4 is 34.2 Å². The number of benzene rings is 1. The van der Waals surface area contributed by atoms with Gasteiger partial charge in [-0.3, -0.25) is 4.79 Å². The molecule has 1 atom stereocenters. The zero-order valence-corrected chi connectivity index (χ0v) is 12.5. The summed E-state index contributed by atoms with van der Waals surface area (Å²) in [6.45, 7) is 3.54. The second-order valence-corrected chi connectivity index (χ2v) is 5.68. The number of carbonyl (C=O) groups excluding carboxylic acids is 1. The Kier molecular flexibility index (Phi) is 3.69. The minimum Gasteiger partial charge on any atom is -0.353 e. The number of halogens is 1. The lowest BCUT2D eigenvalue weighted by atomic mass is 10.1. The van der Waals surface area contributed by atoms with E-state index in [1.807, 2.05) is 36.1 Å². The zero-order chi connectivity index (χ0) is 15.0. The number of pyridine rings is 1. The first-order valence-corrected chi connectivity index (χ1v) is 7.30. The highest BCUT2D eigenvalue weighted by Gasteiger charge is 2.22. The second-order valence-electron chi connectivity index (χ2n) is 5.27. The summed E-state index contributed by atoms with van der Waals surface area (Å²) in [5.41, 5.74) is 7.76. The number of amides is 1. The Morgan fingerprint density at radius 1 is 1.48 bits per heavy atom. The molecule has 0 spiro atoms. The van der Waals surface area contributed by atoms with E-state index in [1.165, 1.54) is 0 Å². The monoisotopic (exact) mass is 304 g/mol. The molecule has 2 aromatic rings. The van der Waals surface area contributed by atoms with Gasteiger partial charge in [0.1, 0.15) is 5.82 Å². The lowest BCUT2D eigenvalue weighted by Gasteiger charge is -2.30. The lowest BCUT2D eigenvalue weighted by molar-refractivity contribution is -0.120. The van der Waals surface area contributed by atoms with Crippen molar-refractivity contribution in [3.8, 4) is 0 Å². The highest BCUT2D eigenvalue weighted by Crippen LogP contribution is 2.30. The summed E-state index contributed by atoms with van der Waals surface area (Å²) in [7, 11) is 0. The van der Waals surface area contributed by atoms with Crippen molar-refractivity contribution in [2.45, 2.75) is 13.0 Å². The first-order valence-electron chi connectivity index (χ1n) is 6.92. The van der Waals surface area contributed by atoms with Gasteiger partial charge in [-0.05, 0) is 19.1 Å². The number of piperazine rings is 1. The van der Waals surface area contributed by atoms with Crippen LogP contribution < -0.4 is 16.0 Å². The summed E-state index contributed by atoms with van der Waals surface area (Å²) >= 11 is 6.24. The minimum absolute atomic E-state index is 0.00192. The van der Waals surface area contributed by atoms with Crippen molar-refractivity contribution in [3.63, 3.8) is 0 Å². The standard InChI is InChI=1S/C15H17ClN4O/c1-9(17)11-7-10-3-2-4-12(16)14(10)19-15(11)20-6-5-18-13(21)8-20/h2-4,7,9H,5-6,8,17H2,1H3,(H,18,21)/t9-/m1/s1. The molecule has 1 aromatic carbocycles. The van der Waals surface area contributed by atoms with Gasteiger partial charge in [0, 0.05) is 30.1 Å². The number of carbonyl (C=O) groups is 1. The molecule has 0 radical (unpaired) electrons. The van der Waals surface area contributed by atoms with Crippen LogP contribution in [0.25, 0.3) is 10.9 Å². The number of fused-ring (bicyclic) bond motifs is 1. The third-order valence-electron chi connectivity index (χ3n) is 3.63. The molecule has 110 valence electrons. The van der Waals surface area contributed by atoms with Gasteiger partial charge in [-0.15, -0.1) is 0 Å². The molecule has 0 aliphatic carbocycles. The Bertz CT molecular complexity index is 701. The van der Waals surface area contributed by atoms with Crippen LogP contribution in [0.5, 0.6) is 0 Å². The molecular formula is C15H17ClN4O. The van der Waals surface area contributed by atoms with Crippen molar-refractivity contribution in [2.24, 2.45) is 5.73 Å². The van der Waals surface area contributed by atoms with Crippen LogP contribution in [0.2, 0.25) is 5.02 Å². The van der Waals surface area contributed by atoms with Crippen LogP contribution in [0.1, 0.15) is 18.5 Å². The molecule has 3 N–H and O–H groups in total. The molecule has 1 saturated heterocycles. The van der Waals surface area contributed by atoms with Gasteiger partial charge >= 0.3 is 0 Å². The van der Waals surface area contributed by atoms with Crippen molar-refractivity contribution in [1.29, 1.82) is 0 Å². The fourth-order valence-corrected chi connectivity index (χ4v) is 2.80. The first kappa shape index (κ1) is 14.1. The van der Waals surface area contributed by atoms with E-state index in [-0.39, 0.29) is 11.9 Å². The Morgan fingerprint density at radius 2 is 2.29 bits per heavy atom. The molecule has 1 fully saturated rings. The van der Waals surface area contributed by atoms with Crippen LogP contribution in [0.3, 0.4) is 0 Å². The number of hydrogen-bond acceptors (Lipinski definition) is 4. The summed E-state index contributed by atoms with van der Waals surface area (Å²) in [6, 6.07) is 7.52. The molecule has 3 rings (SSSR count). The number of rotatable bonds is 2. The number of para-hydroxylation sites is 1. The number of anilines is 1. The third-order valence-corrected chi connectivity index (χ3v) is 3.94. The van der Waals surface area contributed by atoms with E-state index in [4.69, 9.17) is 17.3 Å². The van der Waals surface area contributed by atoms with E-state index in [9.17, 15) is 4.79 Å². The molecule has 0 saturated carbocycles. The molecule has 5 nitrogen and oxygen atoms in total. The number of aromatic nitrogens is 1. The predicted octanol–water partition coefficient (Wildman–Crippen LogP) is 1.84. The average Bonchev–Trinajstić information content (AvgIpc) is 2.46. The molecule has 2 heterocycles. The second kappa shape index (κ2) is 5.50. The van der Waals surface area contributed by atoms with E-state index < -0.39 is 0 Å². The molecule has 0 bridgehead atoms. The van der Waals surface area contributed by atoms with Crippen molar-refractivity contribution in [2.75, 3.05) is 24.5 Å². The largest absolute Gasteiger partial charge is 0.353 e. The van der Waals surface area contributed by atoms with Crippen LogP contribution in [0, 0.1) is 0 Å². The normalized spacial score (nSPS) is 16.9. The van der Waals surface area contributed by atoms with Gasteiger partial charge in [0.05, 0.1) is 17.1 Å². The highest BCUT2D eigenvalue weighted by molar-refractivity contribution is 6.35. The van der Waals surface area contributed by atoms with Gasteiger partial charge in [0.15, 0.2) is 0 Å². The molecular weight excluding hydrogens is 288 g/mol. The molecule has 1 aliphatic heterocycles. The first-order chi connectivity index (χ1) is 10.1. The van der Waals surface area contributed by atoms with E-state index in [0.717, 1.165) is 22.3 Å². The lowest BCUT2D eigenvalue weighted by Crippen LogP contribution is -2.48. The Balaban J connectivity index is 2.16. The molecule has 21 heavy (non-hydrogen) atoms. The Labute approximate surface area is 128 Å². The van der Waals surface area contributed by atoms with Crippen LogP contribution >= 0.6 is 11.6 Å². The molecule has 1 aliphatic rings. The average molecular weight is 305 g/mol. The van der Waals surface area contributed by atoms with Gasteiger partial charge in [0.2, 0.25) is 5.91 Å². The molecule has 1 aromatic heterocycles. The van der Waals surface area contributed by atoms with Crippen LogP contribution in [0.15, 0.2) is 24.3 Å². The smallest absolute Gasteiger partial charge is 0.239 e. The van der Waals surface area contributed by atoms with Crippen molar-refractivity contribution in [1.82, 2.24) is 10.3 Å². The zero-order valence-electron chi connectivity index (χ0n) is 11.8. The Hall–Kier alpha value is -1.85. The number of nitrogens with two attached hydrogens (primary N) is 1. The maximum atomic E-state index is 11.6. The van der Waals surface area contributed by atoms with Gasteiger partial charge < -0.3 is 16.0 Å². The maximum Gasteiger partial charge on any atom is 0.239 e. The maximum absolute atomic E-state index is 11.6. The topological polar surface area (TPSA) is 71.2 Å². The predicted molar refractivity (Wildman–Crippen MR) is 84.6 cm³/mol. The number of nitrogens with zero attached hydrogens (tertiary/aromatic N) is 2. The van der Waals surface area contributed by atoms with Gasteiger partial charge in [-0.2, -0.15) is 0 Å². The summed E-state index contributed by atoms with van der Waals surface area (Å²) in [6.07, 6.45) is 0. The Morgan fingerprint density at radius 3 is 3.00 bits per heavy atom. The van der Waals surface area contributed by atoms with E-state index in [1.54, 1.807) is 0 Å². The third kappa shape index (κ3) is 2.66. The van der Waals surface area contributed by atoms with E-state index in [0.29, 0.717) is 24.7 Å². The molecule has 0 unspecified atom stereocenters. The quantitative estimate of drug-likeness (QED) is 0.888. The SMILES string of the molecule is C[C@@H](N)c1cc2cccc(Cl)c2nc1N1CCNC(=O)C1. The summed E-state index contributed by atoms with van der Waals surface area (Å²) in [4.78, 5) is 18.3. The van der Waals surface area contributed by atoms with Crippen LogP contribution in [0.4, 0.5) is 5.82 Å². The van der Waals surface area contributed by atoms with E-state index in [2.05, 4.69) is 10.3 Å². The van der Waals surface area contributed by atoms with E-state index >= 15 is 0 Å². The van der Waals surface area contributed by atoms with Gasteiger partial charge in [0.25, 0.3) is 0 Å². The number of nitrogens with one attached hydrogen (secondary N) is 1. The van der Waals surface area contributed by atoms with Gasteiger partial charge in [-0.25, -0.2) is 4.98 Å². The van der Waals surface area contributed by atoms with Crippen LogP contribution in [-0.4, -0.2) is 30.5 Å². The minimum atomic E-state index is -0.166.